The van der Waals surface area contributed by atoms with Crippen molar-refractivity contribution in [3.63, 3.8) is 0 Å². The molecule has 2 N–H and O–H groups in total. The van der Waals surface area contributed by atoms with Crippen molar-refractivity contribution >= 4 is 28.9 Å². The van der Waals surface area contributed by atoms with E-state index in [2.05, 4.69) is 10.6 Å². The van der Waals surface area contributed by atoms with Gasteiger partial charge in [0.2, 0.25) is 0 Å². The molecular formula is C17H23N3O3S. The van der Waals surface area contributed by atoms with Crippen molar-refractivity contribution in [2.45, 2.75) is 18.9 Å². The van der Waals surface area contributed by atoms with Gasteiger partial charge >= 0.3 is 0 Å². The average molecular weight is 349 g/mol. The molecule has 0 radical (unpaired) electrons. The van der Waals surface area contributed by atoms with Crippen LogP contribution >= 0.6 is 12.2 Å². The zero-order valence-electron chi connectivity index (χ0n) is 13.6. The lowest BCUT2D eigenvalue weighted by Gasteiger charge is -2.26. The quantitative estimate of drug-likeness (QED) is 0.806. The van der Waals surface area contributed by atoms with Crippen LogP contribution in [0.2, 0.25) is 0 Å². The molecule has 2 aliphatic rings. The normalized spacial score (nSPS) is 20.7. The second-order valence-electron chi connectivity index (χ2n) is 5.95. The van der Waals surface area contributed by atoms with Gasteiger partial charge in [-0.2, -0.15) is 0 Å². The summed E-state index contributed by atoms with van der Waals surface area (Å²) in [4.78, 5) is 14.2. The summed E-state index contributed by atoms with van der Waals surface area (Å²) in [6.07, 6.45) is 2.44. The largest absolute Gasteiger partial charge is 0.378 e. The Hall–Kier alpha value is -1.70. The van der Waals surface area contributed by atoms with Crippen LogP contribution in [0.5, 0.6) is 0 Å². The highest BCUT2D eigenvalue weighted by molar-refractivity contribution is 7.80. The number of rotatable bonds is 4. The maximum atomic E-state index is 12.4. The molecule has 2 saturated heterocycles. The van der Waals surface area contributed by atoms with Gasteiger partial charge in [0, 0.05) is 37.5 Å². The number of nitrogens with one attached hydrogen (secondary N) is 2. The topological polar surface area (TPSA) is 62.8 Å². The van der Waals surface area contributed by atoms with E-state index < -0.39 is 0 Å². The minimum absolute atomic E-state index is 0.0453. The van der Waals surface area contributed by atoms with Gasteiger partial charge < -0.3 is 25.0 Å². The molecule has 0 unspecified atom stereocenters. The summed E-state index contributed by atoms with van der Waals surface area (Å²) in [5.74, 6) is 0.0453. The van der Waals surface area contributed by atoms with Crippen molar-refractivity contribution in [1.29, 1.82) is 0 Å². The number of hydrogen-bond donors (Lipinski definition) is 2. The highest BCUT2D eigenvalue weighted by Crippen LogP contribution is 2.13. The van der Waals surface area contributed by atoms with Crippen molar-refractivity contribution in [3.05, 3.63) is 29.8 Å². The van der Waals surface area contributed by atoms with Crippen molar-refractivity contribution in [2.24, 2.45) is 0 Å². The van der Waals surface area contributed by atoms with Gasteiger partial charge in [-0.1, -0.05) is 0 Å². The highest BCUT2D eigenvalue weighted by atomic mass is 32.1. The van der Waals surface area contributed by atoms with Gasteiger partial charge in [0.05, 0.1) is 19.3 Å². The molecule has 2 heterocycles. The zero-order chi connectivity index (χ0) is 16.8. The van der Waals surface area contributed by atoms with Crippen molar-refractivity contribution < 1.29 is 14.3 Å². The van der Waals surface area contributed by atoms with Gasteiger partial charge in [-0.05, 0) is 49.3 Å². The second kappa shape index (κ2) is 8.41. The summed E-state index contributed by atoms with van der Waals surface area (Å²) in [6, 6.07) is 7.38. The van der Waals surface area contributed by atoms with Crippen LogP contribution in [0, 0.1) is 0 Å². The second-order valence-corrected chi connectivity index (χ2v) is 6.36. The fraction of sp³-hybridized carbons (Fsp3) is 0.529. The molecule has 1 atom stereocenters. The van der Waals surface area contributed by atoms with E-state index in [1.807, 2.05) is 29.2 Å². The molecule has 1 aromatic rings. The van der Waals surface area contributed by atoms with E-state index in [1.165, 1.54) is 0 Å². The first-order valence-corrected chi connectivity index (χ1v) is 8.77. The van der Waals surface area contributed by atoms with E-state index in [0.717, 1.165) is 31.7 Å². The summed E-state index contributed by atoms with van der Waals surface area (Å²) in [5.41, 5.74) is 1.54. The standard InChI is InChI=1S/C17H23N3O3S/c21-16(20-7-10-22-11-8-20)13-3-5-14(6-4-13)19-17(24)18-12-15-2-1-9-23-15/h3-6,15H,1-2,7-12H2,(H2,18,19,24)/t15-/m1/s1. The molecule has 6 nitrogen and oxygen atoms in total. The smallest absolute Gasteiger partial charge is 0.254 e. The first-order valence-electron chi connectivity index (χ1n) is 8.36. The minimum Gasteiger partial charge on any atom is -0.378 e. The maximum absolute atomic E-state index is 12.4. The van der Waals surface area contributed by atoms with E-state index >= 15 is 0 Å². The molecule has 1 aromatic carbocycles. The van der Waals surface area contributed by atoms with E-state index in [-0.39, 0.29) is 12.0 Å². The van der Waals surface area contributed by atoms with E-state index in [9.17, 15) is 4.79 Å². The number of hydrogen-bond acceptors (Lipinski definition) is 4. The number of amides is 1. The Kier molecular flexibility index (Phi) is 6.01. The Morgan fingerprint density at radius 2 is 1.96 bits per heavy atom. The van der Waals surface area contributed by atoms with Crippen LogP contribution in [0.15, 0.2) is 24.3 Å². The van der Waals surface area contributed by atoms with E-state index in [0.29, 0.717) is 37.0 Å². The van der Waals surface area contributed by atoms with Crippen LogP contribution < -0.4 is 10.6 Å². The Balaban J connectivity index is 1.48. The predicted molar refractivity (Wildman–Crippen MR) is 96.4 cm³/mol. The van der Waals surface area contributed by atoms with Crippen LogP contribution in [0.25, 0.3) is 0 Å². The summed E-state index contributed by atoms with van der Waals surface area (Å²) in [6.45, 7) is 4.07. The molecule has 130 valence electrons. The van der Waals surface area contributed by atoms with Crippen molar-refractivity contribution in [1.82, 2.24) is 10.2 Å². The number of carbonyl (C=O) groups is 1. The maximum Gasteiger partial charge on any atom is 0.254 e. The lowest BCUT2D eigenvalue weighted by molar-refractivity contribution is 0.0303. The molecular weight excluding hydrogens is 326 g/mol. The fourth-order valence-electron chi connectivity index (χ4n) is 2.83. The molecule has 24 heavy (non-hydrogen) atoms. The van der Waals surface area contributed by atoms with Crippen LogP contribution in [0.3, 0.4) is 0 Å². The number of ether oxygens (including phenoxy) is 2. The molecule has 3 rings (SSSR count). The van der Waals surface area contributed by atoms with E-state index in [4.69, 9.17) is 21.7 Å². The molecule has 1 amide bonds. The molecule has 0 aliphatic carbocycles. The Morgan fingerprint density at radius 1 is 1.21 bits per heavy atom. The Bertz CT molecular complexity index is 567. The van der Waals surface area contributed by atoms with Gasteiger partial charge in [0.1, 0.15) is 0 Å². The van der Waals surface area contributed by atoms with Gasteiger partial charge in [0.15, 0.2) is 5.11 Å². The third-order valence-electron chi connectivity index (χ3n) is 4.20. The number of thiocarbonyl (C=S) groups is 1. The van der Waals surface area contributed by atoms with E-state index in [1.54, 1.807) is 0 Å². The van der Waals surface area contributed by atoms with Crippen molar-refractivity contribution in [2.75, 3.05) is 44.8 Å². The van der Waals surface area contributed by atoms with Crippen molar-refractivity contribution in [3.8, 4) is 0 Å². The summed E-state index contributed by atoms with van der Waals surface area (Å²) in [7, 11) is 0. The molecule has 0 saturated carbocycles. The SMILES string of the molecule is O=C(c1ccc(NC(=S)NC[C@H]2CCCO2)cc1)N1CCOCC1. The number of anilines is 1. The average Bonchev–Trinajstić information content (AvgIpc) is 3.14. The number of benzene rings is 1. The predicted octanol–water partition coefficient (Wildman–Crippen LogP) is 1.62. The molecule has 0 bridgehead atoms. The summed E-state index contributed by atoms with van der Waals surface area (Å²) < 4.78 is 10.8. The first-order chi connectivity index (χ1) is 11.7. The highest BCUT2D eigenvalue weighted by Gasteiger charge is 2.18. The van der Waals surface area contributed by atoms with Gasteiger partial charge in [-0.25, -0.2) is 0 Å². The number of nitrogens with zero attached hydrogens (tertiary/aromatic N) is 1. The van der Waals surface area contributed by atoms with Gasteiger partial charge in [-0.15, -0.1) is 0 Å². The van der Waals surface area contributed by atoms with Gasteiger partial charge in [-0.3, -0.25) is 4.79 Å². The van der Waals surface area contributed by atoms with Crippen LogP contribution in [0.4, 0.5) is 5.69 Å². The molecule has 2 fully saturated rings. The number of carbonyl (C=O) groups excluding carboxylic acids is 1. The monoisotopic (exact) mass is 349 g/mol. The summed E-state index contributed by atoms with van der Waals surface area (Å²) >= 11 is 5.29. The molecule has 2 aliphatic heterocycles. The molecule has 0 aromatic heterocycles. The summed E-state index contributed by atoms with van der Waals surface area (Å²) in [5, 5.41) is 6.87. The Morgan fingerprint density at radius 3 is 2.62 bits per heavy atom. The zero-order valence-corrected chi connectivity index (χ0v) is 14.4. The van der Waals surface area contributed by atoms with Crippen LogP contribution in [-0.4, -0.2) is 61.5 Å². The lowest BCUT2D eigenvalue weighted by Crippen LogP contribution is -2.40. The van der Waals surface area contributed by atoms with Gasteiger partial charge in [0.25, 0.3) is 5.91 Å². The number of morpholine rings is 1. The third kappa shape index (κ3) is 4.66. The first kappa shape index (κ1) is 17.1. The van der Waals surface area contributed by atoms with Crippen LogP contribution in [0.1, 0.15) is 23.2 Å². The lowest BCUT2D eigenvalue weighted by atomic mass is 10.1. The molecule has 0 spiro atoms. The molecule has 7 heteroatoms. The fourth-order valence-corrected chi connectivity index (χ4v) is 3.03. The Labute approximate surface area is 147 Å². The minimum atomic E-state index is 0.0453. The van der Waals surface area contributed by atoms with Crippen LogP contribution in [-0.2, 0) is 9.47 Å². The third-order valence-corrected chi connectivity index (χ3v) is 4.45.